The first-order valence-electron chi connectivity index (χ1n) is 9.21. The van der Waals surface area contributed by atoms with E-state index in [-0.39, 0.29) is 6.04 Å². The molecule has 1 aliphatic rings. The number of nitrogens with zero attached hydrogens (tertiary/aromatic N) is 3. The Labute approximate surface area is 162 Å². The maximum atomic E-state index is 11.2. The number of carboxylic acid groups (broad SMARTS) is 1. The quantitative estimate of drug-likeness (QED) is 0.609. The molecule has 0 spiro atoms. The number of hydrogen-bond acceptors (Lipinski definition) is 6. The summed E-state index contributed by atoms with van der Waals surface area (Å²) in [5, 5.41) is 15.6. The Bertz CT molecular complexity index is 968. The molecular weight excluding hydrogens is 354 g/mol. The van der Waals surface area contributed by atoms with E-state index in [0.717, 1.165) is 12.8 Å². The zero-order valence-corrected chi connectivity index (χ0v) is 15.5. The maximum absolute atomic E-state index is 11.2. The van der Waals surface area contributed by atoms with Gasteiger partial charge in [-0.25, -0.2) is 9.97 Å². The lowest BCUT2D eigenvalue weighted by molar-refractivity contribution is -0.137. The monoisotopic (exact) mass is 375 g/mol. The van der Waals surface area contributed by atoms with E-state index in [1.54, 1.807) is 19.2 Å². The molecule has 0 bridgehead atoms. The van der Waals surface area contributed by atoms with E-state index in [1.807, 2.05) is 18.2 Å². The van der Waals surface area contributed by atoms with Gasteiger partial charge in [0.05, 0.1) is 0 Å². The van der Waals surface area contributed by atoms with Gasteiger partial charge in [0.2, 0.25) is 0 Å². The van der Waals surface area contributed by atoms with Gasteiger partial charge in [-0.1, -0.05) is 30.3 Å². The molecule has 142 valence electrons. The third-order valence-corrected chi connectivity index (χ3v) is 4.76. The van der Waals surface area contributed by atoms with Crippen LogP contribution in [0.15, 0.2) is 54.7 Å². The molecule has 2 heterocycles. The van der Waals surface area contributed by atoms with Crippen molar-refractivity contribution in [3.05, 3.63) is 65.9 Å². The molecule has 2 aromatic heterocycles. The van der Waals surface area contributed by atoms with E-state index >= 15 is 0 Å². The Balaban J connectivity index is 1.61. The predicted octanol–water partition coefficient (Wildman–Crippen LogP) is 3.00. The first-order valence-corrected chi connectivity index (χ1v) is 9.21. The molecule has 1 atom stereocenters. The summed E-state index contributed by atoms with van der Waals surface area (Å²) < 4.78 is 0. The Morgan fingerprint density at radius 3 is 2.39 bits per heavy atom. The van der Waals surface area contributed by atoms with Crippen molar-refractivity contribution in [2.45, 2.75) is 31.8 Å². The highest BCUT2D eigenvalue weighted by atomic mass is 16.4. The Morgan fingerprint density at radius 2 is 1.75 bits per heavy atom. The van der Waals surface area contributed by atoms with Crippen LogP contribution in [0.2, 0.25) is 0 Å². The first kappa shape index (κ1) is 17.9. The summed E-state index contributed by atoms with van der Waals surface area (Å²) in [6.07, 6.45) is 3.53. The van der Waals surface area contributed by atoms with Gasteiger partial charge in [-0.15, -0.1) is 0 Å². The van der Waals surface area contributed by atoms with Crippen LogP contribution < -0.4 is 10.6 Å². The van der Waals surface area contributed by atoms with Gasteiger partial charge in [0.1, 0.15) is 23.4 Å². The standard InChI is InChI=1S/C21H21N5O2/c1-13(21(27)28)23-18-12-19(26-20(25-18)17-8-4-5-9-22-17)24-16-10-14-6-2-3-7-15(14)11-16/h2-9,12-13,16H,10-11H2,1H3,(H,27,28)(H2,23,24,25,26). The topological polar surface area (TPSA) is 100 Å². The molecular formula is C21H21N5O2. The number of benzene rings is 1. The van der Waals surface area contributed by atoms with E-state index in [9.17, 15) is 9.90 Å². The summed E-state index contributed by atoms with van der Waals surface area (Å²) in [7, 11) is 0. The number of anilines is 2. The molecule has 1 aliphatic carbocycles. The van der Waals surface area contributed by atoms with Gasteiger partial charge in [-0.05, 0) is 43.0 Å². The number of aromatic nitrogens is 3. The minimum atomic E-state index is -0.946. The molecule has 7 nitrogen and oxygen atoms in total. The van der Waals surface area contributed by atoms with Crippen molar-refractivity contribution in [3.63, 3.8) is 0 Å². The molecule has 7 heteroatoms. The third kappa shape index (κ3) is 3.93. The van der Waals surface area contributed by atoms with Crippen molar-refractivity contribution >= 4 is 17.6 Å². The number of pyridine rings is 1. The second-order valence-electron chi connectivity index (χ2n) is 6.90. The third-order valence-electron chi connectivity index (χ3n) is 4.76. The summed E-state index contributed by atoms with van der Waals surface area (Å²) in [5.41, 5.74) is 3.32. The van der Waals surface area contributed by atoms with E-state index in [4.69, 9.17) is 0 Å². The van der Waals surface area contributed by atoms with E-state index in [1.165, 1.54) is 11.1 Å². The second kappa shape index (κ2) is 7.64. The fourth-order valence-electron chi connectivity index (χ4n) is 3.36. The molecule has 1 aromatic carbocycles. The number of nitrogens with one attached hydrogen (secondary N) is 2. The largest absolute Gasteiger partial charge is 0.480 e. The molecule has 0 saturated carbocycles. The van der Waals surface area contributed by atoms with Crippen LogP contribution in [0, 0.1) is 0 Å². The highest BCUT2D eigenvalue weighted by Crippen LogP contribution is 2.26. The number of fused-ring (bicyclic) bond motifs is 1. The molecule has 3 aromatic rings. The molecule has 1 unspecified atom stereocenters. The van der Waals surface area contributed by atoms with Gasteiger partial charge in [-0.2, -0.15) is 0 Å². The highest BCUT2D eigenvalue weighted by molar-refractivity contribution is 5.76. The van der Waals surface area contributed by atoms with Crippen LogP contribution in [-0.2, 0) is 17.6 Å². The fraction of sp³-hybridized carbons (Fsp3) is 0.238. The molecule has 0 radical (unpaired) electrons. The van der Waals surface area contributed by atoms with Gasteiger partial charge < -0.3 is 15.7 Å². The van der Waals surface area contributed by atoms with Gasteiger partial charge in [0.15, 0.2) is 5.82 Å². The van der Waals surface area contributed by atoms with Gasteiger partial charge >= 0.3 is 5.97 Å². The van der Waals surface area contributed by atoms with E-state index in [2.05, 4.69) is 49.9 Å². The van der Waals surface area contributed by atoms with E-state index < -0.39 is 12.0 Å². The average molecular weight is 375 g/mol. The zero-order valence-electron chi connectivity index (χ0n) is 15.5. The molecule has 0 fully saturated rings. The lowest BCUT2D eigenvalue weighted by Crippen LogP contribution is -2.26. The molecule has 4 rings (SSSR count). The SMILES string of the molecule is CC(Nc1cc(NC2Cc3ccccc3C2)nc(-c2ccccn2)n1)C(=O)O. The van der Waals surface area contributed by atoms with Gasteiger partial charge in [-0.3, -0.25) is 9.78 Å². The molecule has 28 heavy (non-hydrogen) atoms. The van der Waals surface area contributed by atoms with Crippen molar-refractivity contribution in [2.24, 2.45) is 0 Å². The van der Waals surface area contributed by atoms with Crippen LogP contribution in [0.5, 0.6) is 0 Å². The van der Waals surface area contributed by atoms with Crippen molar-refractivity contribution in [2.75, 3.05) is 10.6 Å². The average Bonchev–Trinajstić information content (AvgIpc) is 3.10. The van der Waals surface area contributed by atoms with Crippen molar-refractivity contribution in [1.82, 2.24) is 15.0 Å². The van der Waals surface area contributed by atoms with Gasteiger partial charge in [0, 0.05) is 18.3 Å². The first-order chi connectivity index (χ1) is 13.6. The van der Waals surface area contributed by atoms with Crippen LogP contribution in [-0.4, -0.2) is 38.1 Å². The highest BCUT2D eigenvalue weighted by Gasteiger charge is 2.22. The minimum absolute atomic E-state index is 0.230. The second-order valence-corrected chi connectivity index (χ2v) is 6.90. The van der Waals surface area contributed by atoms with Crippen molar-refractivity contribution in [3.8, 4) is 11.5 Å². The van der Waals surface area contributed by atoms with Crippen molar-refractivity contribution < 1.29 is 9.90 Å². The fourth-order valence-corrected chi connectivity index (χ4v) is 3.36. The molecule has 0 amide bonds. The number of rotatable bonds is 6. The number of hydrogen-bond donors (Lipinski definition) is 3. The molecule has 3 N–H and O–H groups in total. The maximum Gasteiger partial charge on any atom is 0.325 e. The Morgan fingerprint density at radius 1 is 1.07 bits per heavy atom. The van der Waals surface area contributed by atoms with Crippen LogP contribution in [0.25, 0.3) is 11.5 Å². The minimum Gasteiger partial charge on any atom is -0.480 e. The van der Waals surface area contributed by atoms with Crippen LogP contribution in [0.3, 0.4) is 0 Å². The number of carboxylic acids is 1. The lowest BCUT2D eigenvalue weighted by Gasteiger charge is -2.16. The summed E-state index contributed by atoms with van der Waals surface area (Å²) in [5.74, 6) is 0.595. The predicted molar refractivity (Wildman–Crippen MR) is 107 cm³/mol. The lowest BCUT2D eigenvalue weighted by atomic mass is 10.1. The van der Waals surface area contributed by atoms with Crippen LogP contribution >= 0.6 is 0 Å². The Hall–Kier alpha value is -3.48. The van der Waals surface area contributed by atoms with E-state index in [0.29, 0.717) is 23.2 Å². The van der Waals surface area contributed by atoms with Crippen molar-refractivity contribution in [1.29, 1.82) is 0 Å². The van der Waals surface area contributed by atoms with Crippen LogP contribution in [0.4, 0.5) is 11.6 Å². The van der Waals surface area contributed by atoms with Crippen LogP contribution in [0.1, 0.15) is 18.1 Å². The zero-order chi connectivity index (χ0) is 19.5. The summed E-state index contributed by atoms with van der Waals surface area (Å²) in [4.78, 5) is 24.6. The number of aliphatic carboxylic acids is 1. The Kier molecular flexibility index (Phi) is 4.89. The summed E-state index contributed by atoms with van der Waals surface area (Å²) in [6, 6.07) is 15.1. The smallest absolute Gasteiger partial charge is 0.325 e. The molecule has 0 aliphatic heterocycles. The molecule has 0 saturated heterocycles. The number of carbonyl (C=O) groups is 1. The normalized spacial score (nSPS) is 14.3. The summed E-state index contributed by atoms with van der Waals surface area (Å²) >= 11 is 0. The summed E-state index contributed by atoms with van der Waals surface area (Å²) in [6.45, 7) is 1.57. The van der Waals surface area contributed by atoms with Gasteiger partial charge in [0.25, 0.3) is 0 Å².